The molecule has 1 aliphatic carbocycles. The summed E-state index contributed by atoms with van der Waals surface area (Å²) in [6.07, 6.45) is 0. The molecule has 0 unspecified atom stereocenters. The van der Waals surface area contributed by atoms with Gasteiger partial charge in [0.2, 0.25) is 0 Å². The highest BCUT2D eigenvalue weighted by atomic mass is 16.5. The summed E-state index contributed by atoms with van der Waals surface area (Å²) in [4.78, 5) is 0. The highest BCUT2D eigenvalue weighted by Crippen LogP contribution is 2.56. The van der Waals surface area contributed by atoms with Crippen LogP contribution in [0.25, 0.3) is 76.8 Å². The van der Waals surface area contributed by atoms with E-state index in [4.69, 9.17) is 4.74 Å². The number of benzene rings is 8. The summed E-state index contributed by atoms with van der Waals surface area (Å²) in [5.41, 5.74) is 12.8. The van der Waals surface area contributed by atoms with E-state index < -0.39 is 0 Å². The second-order valence-electron chi connectivity index (χ2n) is 13.2. The van der Waals surface area contributed by atoms with E-state index in [0.717, 1.165) is 17.1 Å². The van der Waals surface area contributed by atoms with Crippen molar-refractivity contribution in [3.63, 3.8) is 0 Å². The minimum Gasteiger partial charge on any atom is -0.456 e. The first-order valence-electron chi connectivity index (χ1n) is 16.1. The number of para-hydroxylation sites is 1. The van der Waals surface area contributed by atoms with E-state index in [2.05, 4.69) is 153 Å². The highest BCUT2D eigenvalue weighted by molar-refractivity contribution is 6.12. The minimum absolute atomic E-state index is 0.185. The zero-order valence-corrected chi connectivity index (χ0v) is 25.8. The Morgan fingerprint density at radius 3 is 2.02 bits per heavy atom. The summed E-state index contributed by atoms with van der Waals surface area (Å²) < 4.78 is 6.42. The standard InChI is InChI=1S/C45H30O/c1-45(2)39-26-29(31-23-24-41-42-35(31)18-10-19-36(42)34-16-7-8-20-40(34)46-41)21-22-37(39)43-38(25-28-12-4-6-15-32(28)44(43)45)33-17-9-13-27-11-3-5-14-30(27)33/h3-26H,1-2H3. The molecule has 1 aliphatic heterocycles. The molecular formula is C45H30O. The van der Waals surface area contributed by atoms with Crippen LogP contribution in [0.1, 0.15) is 25.0 Å². The van der Waals surface area contributed by atoms with Gasteiger partial charge in [0.05, 0.1) is 0 Å². The lowest BCUT2D eigenvalue weighted by molar-refractivity contribution is 0.487. The van der Waals surface area contributed by atoms with Gasteiger partial charge < -0.3 is 4.74 Å². The number of fused-ring (bicyclic) bond motifs is 8. The van der Waals surface area contributed by atoms with Crippen molar-refractivity contribution >= 4 is 32.3 Å². The summed E-state index contributed by atoms with van der Waals surface area (Å²) >= 11 is 0. The highest BCUT2D eigenvalue weighted by Gasteiger charge is 2.39. The fourth-order valence-electron chi connectivity index (χ4n) is 8.36. The fraction of sp³-hybridized carbons (Fsp3) is 0.0667. The van der Waals surface area contributed by atoms with Crippen LogP contribution in [0.3, 0.4) is 0 Å². The van der Waals surface area contributed by atoms with E-state index in [0.29, 0.717) is 0 Å². The predicted molar refractivity (Wildman–Crippen MR) is 193 cm³/mol. The number of rotatable bonds is 2. The molecule has 2 aliphatic rings. The Labute approximate surface area is 268 Å². The quantitative estimate of drug-likeness (QED) is 0.196. The van der Waals surface area contributed by atoms with E-state index in [1.807, 2.05) is 6.07 Å². The molecule has 0 radical (unpaired) electrons. The van der Waals surface area contributed by atoms with E-state index in [1.165, 1.54) is 82.4 Å². The Morgan fingerprint density at radius 2 is 1.11 bits per heavy atom. The van der Waals surface area contributed by atoms with E-state index in [-0.39, 0.29) is 5.41 Å². The predicted octanol–water partition coefficient (Wildman–Crippen LogP) is 12.6. The van der Waals surface area contributed by atoms with Crippen molar-refractivity contribution in [3.8, 4) is 56.0 Å². The number of hydrogen-bond acceptors (Lipinski definition) is 1. The molecule has 8 aromatic carbocycles. The Hall–Kier alpha value is -5.66. The molecule has 0 aromatic heterocycles. The zero-order valence-electron chi connectivity index (χ0n) is 25.8. The van der Waals surface area contributed by atoms with Gasteiger partial charge in [-0.2, -0.15) is 0 Å². The molecule has 46 heavy (non-hydrogen) atoms. The molecule has 0 N–H and O–H groups in total. The topological polar surface area (TPSA) is 9.23 Å². The van der Waals surface area contributed by atoms with E-state index in [1.54, 1.807) is 0 Å². The average Bonchev–Trinajstić information content (AvgIpc) is 3.34. The lowest BCUT2D eigenvalue weighted by Gasteiger charge is -2.25. The Morgan fingerprint density at radius 1 is 0.435 bits per heavy atom. The van der Waals surface area contributed by atoms with Crippen LogP contribution < -0.4 is 4.74 Å². The van der Waals surface area contributed by atoms with Gasteiger partial charge in [0, 0.05) is 16.4 Å². The molecule has 1 nitrogen and oxygen atoms in total. The Bertz CT molecular complexity index is 2580. The van der Waals surface area contributed by atoms with Gasteiger partial charge in [-0.1, -0.05) is 135 Å². The van der Waals surface area contributed by atoms with Gasteiger partial charge in [-0.3, -0.25) is 0 Å². The maximum atomic E-state index is 6.42. The Kier molecular flexibility index (Phi) is 5.12. The van der Waals surface area contributed by atoms with Crippen LogP contribution in [-0.2, 0) is 5.41 Å². The van der Waals surface area contributed by atoms with Gasteiger partial charge in [0.25, 0.3) is 0 Å². The largest absolute Gasteiger partial charge is 0.456 e. The van der Waals surface area contributed by atoms with Gasteiger partial charge in [-0.15, -0.1) is 0 Å². The molecule has 1 heterocycles. The van der Waals surface area contributed by atoms with Crippen LogP contribution in [0.4, 0.5) is 0 Å². The van der Waals surface area contributed by atoms with Crippen LogP contribution in [0.15, 0.2) is 146 Å². The average molecular weight is 587 g/mol. The first kappa shape index (κ1) is 25.6. The molecule has 0 bridgehead atoms. The van der Waals surface area contributed by atoms with Crippen molar-refractivity contribution in [3.05, 3.63) is 157 Å². The molecule has 216 valence electrons. The molecule has 0 amide bonds. The van der Waals surface area contributed by atoms with Gasteiger partial charge in [0.15, 0.2) is 0 Å². The Balaban J connectivity index is 1.23. The fourth-order valence-corrected chi connectivity index (χ4v) is 8.36. The smallest absolute Gasteiger partial charge is 0.135 e. The van der Waals surface area contributed by atoms with Crippen LogP contribution in [-0.4, -0.2) is 0 Å². The summed E-state index contributed by atoms with van der Waals surface area (Å²) in [5.74, 6) is 1.84. The van der Waals surface area contributed by atoms with Crippen molar-refractivity contribution < 1.29 is 4.74 Å². The van der Waals surface area contributed by atoms with Crippen LogP contribution in [0, 0.1) is 0 Å². The van der Waals surface area contributed by atoms with Gasteiger partial charge >= 0.3 is 0 Å². The third kappa shape index (κ3) is 3.40. The number of ether oxygens (including phenoxy) is 1. The second kappa shape index (κ2) is 9.19. The van der Waals surface area contributed by atoms with E-state index >= 15 is 0 Å². The van der Waals surface area contributed by atoms with Crippen molar-refractivity contribution in [2.75, 3.05) is 0 Å². The lowest BCUT2D eigenvalue weighted by Crippen LogP contribution is -2.15. The van der Waals surface area contributed by atoms with E-state index in [9.17, 15) is 0 Å². The molecular weight excluding hydrogens is 556 g/mol. The van der Waals surface area contributed by atoms with Crippen LogP contribution >= 0.6 is 0 Å². The van der Waals surface area contributed by atoms with Gasteiger partial charge in [-0.25, -0.2) is 0 Å². The molecule has 8 aromatic rings. The zero-order chi connectivity index (χ0) is 30.6. The third-order valence-corrected chi connectivity index (χ3v) is 10.4. The van der Waals surface area contributed by atoms with Crippen LogP contribution in [0.5, 0.6) is 11.5 Å². The molecule has 0 saturated heterocycles. The minimum atomic E-state index is -0.185. The summed E-state index contributed by atoms with van der Waals surface area (Å²) in [6.45, 7) is 4.81. The first-order valence-corrected chi connectivity index (χ1v) is 16.1. The molecule has 1 heteroatoms. The monoisotopic (exact) mass is 586 g/mol. The van der Waals surface area contributed by atoms with Crippen molar-refractivity contribution in [1.82, 2.24) is 0 Å². The molecule has 0 saturated carbocycles. The van der Waals surface area contributed by atoms with Gasteiger partial charge in [0.1, 0.15) is 11.5 Å². The van der Waals surface area contributed by atoms with Crippen molar-refractivity contribution in [2.24, 2.45) is 0 Å². The maximum absolute atomic E-state index is 6.42. The van der Waals surface area contributed by atoms with Crippen molar-refractivity contribution in [1.29, 1.82) is 0 Å². The van der Waals surface area contributed by atoms with Crippen LogP contribution in [0.2, 0.25) is 0 Å². The summed E-state index contributed by atoms with van der Waals surface area (Å²) in [7, 11) is 0. The summed E-state index contributed by atoms with van der Waals surface area (Å²) in [5, 5.41) is 7.59. The molecule has 0 fully saturated rings. The second-order valence-corrected chi connectivity index (χ2v) is 13.2. The van der Waals surface area contributed by atoms with Crippen molar-refractivity contribution in [2.45, 2.75) is 19.3 Å². The SMILES string of the molecule is CC1(C)c2cc(-c3ccc4c5c(cccc35)-c3ccccc3O4)ccc2-c2c(-c3cccc4ccccc34)cc3ccccc3c21. The van der Waals surface area contributed by atoms with Gasteiger partial charge in [-0.05, 0) is 101 Å². The normalized spacial score (nSPS) is 13.8. The lowest BCUT2D eigenvalue weighted by atomic mass is 9.78. The maximum Gasteiger partial charge on any atom is 0.135 e. The summed E-state index contributed by atoms with van der Waals surface area (Å²) in [6, 6.07) is 53.3. The molecule has 0 atom stereocenters. The first-order chi connectivity index (χ1) is 22.6. The molecule has 0 spiro atoms. The molecule has 10 rings (SSSR count). The number of hydrogen-bond donors (Lipinski definition) is 0. The third-order valence-electron chi connectivity index (χ3n) is 10.4.